The molecule has 2 unspecified atom stereocenters. The van der Waals surface area contributed by atoms with Crippen LogP contribution in [-0.2, 0) is 13.1 Å². The maximum Gasteiger partial charge on any atom is 0.228 e. The molecule has 0 saturated heterocycles. The predicted molar refractivity (Wildman–Crippen MR) is 218 cm³/mol. The fourth-order valence-electron chi connectivity index (χ4n) is 6.29. The van der Waals surface area contributed by atoms with Gasteiger partial charge in [-0.2, -0.15) is 29.2 Å². The summed E-state index contributed by atoms with van der Waals surface area (Å²) in [5.74, 6) is 2.71. The molecule has 0 aliphatic carbocycles. The predicted octanol–water partition coefficient (Wildman–Crippen LogP) is 9.43. The van der Waals surface area contributed by atoms with E-state index in [2.05, 4.69) is 91.3 Å². The van der Waals surface area contributed by atoms with Gasteiger partial charge in [-0.1, -0.05) is 92.8 Å². The van der Waals surface area contributed by atoms with E-state index in [1.54, 1.807) is 15.9 Å². The lowest BCUT2D eigenvalue weighted by Gasteiger charge is -2.19. The van der Waals surface area contributed by atoms with E-state index in [4.69, 9.17) is 29.8 Å². The summed E-state index contributed by atoms with van der Waals surface area (Å²) in [4.78, 5) is 20.4. The first-order chi connectivity index (χ1) is 25.8. The summed E-state index contributed by atoms with van der Waals surface area (Å²) in [5.41, 5.74) is 7.33. The van der Waals surface area contributed by atoms with Crippen molar-refractivity contribution in [1.29, 1.82) is 0 Å². The van der Waals surface area contributed by atoms with Gasteiger partial charge in [-0.3, -0.25) is 0 Å². The van der Waals surface area contributed by atoms with Gasteiger partial charge in [0.25, 0.3) is 0 Å². The lowest BCUT2D eigenvalue weighted by atomic mass is 9.97. The van der Waals surface area contributed by atoms with Gasteiger partial charge < -0.3 is 15.4 Å². The third-order valence-corrected chi connectivity index (χ3v) is 11.3. The van der Waals surface area contributed by atoms with Gasteiger partial charge in [0.2, 0.25) is 11.9 Å². The summed E-state index contributed by atoms with van der Waals surface area (Å²) >= 11 is 4.80. The molecule has 11 nitrogen and oxygen atoms in total. The third kappa shape index (κ3) is 8.14. The van der Waals surface area contributed by atoms with Gasteiger partial charge in [0, 0.05) is 34.7 Å². The maximum atomic E-state index is 6.56. The molecule has 2 atom stereocenters. The van der Waals surface area contributed by atoms with Gasteiger partial charge in [0.15, 0.2) is 21.6 Å². The number of thiophene rings is 1. The van der Waals surface area contributed by atoms with Crippen molar-refractivity contribution in [3.8, 4) is 16.2 Å². The minimum Gasteiger partial charge on any atom is -0.490 e. The van der Waals surface area contributed by atoms with Crippen LogP contribution in [0.25, 0.3) is 21.7 Å². The van der Waals surface area contributed by atoms with E-state index < -0.39 is 0 Å². The van der Waals surface area contributed by atoms with Crippen molar-refractivity contribution in [2.75, 3.05) is 23.1 Å². The number of nitrogens with zero attached hydrogens (tertiary/aromatic N) is 8. The number of nitrogens with one attached hydrogen (secondary N) is 2. The molecular weight excluding hydrogens is 721 g/mol. The summed E-state index contributed by atoms with van der Waals surface area (Å²) < 4.78 is 10.2. The molecule has 5 aromatic heterocycles. The zero-order valence-corrected chi connectivity index (χ0v) is 33.2. The number of ether oxygens (including phenoxy) is 1. The molecule has 0 saturated carbocycles. The quantitative estimate of drug-likeness (QED) is 0.0916. The van der Waals surface area contributed by atoms with Crippen molar-refractivity contribution in [1.82, 2.24) is 39.2 Å². The van der Waals surface area contributed by atoms with Crippen LogP contribution in [0.1, 0.15) is 74.6 Å². The summed E-state index contributed by atoms with van der Waals surface area (Å²) in [6.45, 7) is 9.82. The lowest BCUT2D eigenvalue weighted by molar-refractivity contribution is 0.203. The molecule has 2 N–H and O–H groups in total. The second-order valence-corrected chi connectivity index (χ2v) is 15.7. The second-order valence-electron chi connectivity index (χ2n) is 13.2. The van der Waals surface area contributed by atoms with Crippen LogP contribution in [-0.4, -0.2) is 57.8 Å². The molecule has 7 aromatic rings. The smallest absolute Gasteiger partial charge is 0.228 e. The fraction of sp³-hybridized carbons (Fsp3) is 0.333. The Morgan fingerprint density at radius 3 is 1.94 bits per heavy atom. The second kappa shape index (κ2) is 16.6. The molecule has 0 bridgehead atoms. The standard InChI is InChI=1S/C39H44N10OS3/c1-24(2)30-22-42-48-34(30)44-38(51-5)47-37(48)41-21-28-13-8-10-15-32(28)50-26(4)18-17-25(3)31-23-43-49-35(31)45-39(52-6)46-36(49)40-20-27-12-7-9-14-29(27)33-16-11-19-53-33/h7-16,19,22-26H,17-18,20-21H2,1-6H3,(H,40,45,46)(H,41,44,47). The molecule has 5 heterocycles. The summed E-state index contributed by atoms with van der Waals surface area (Å²) in [7, 11) is 0. The largest absolute Gasteiger partial charge is 0.490 e. The summed E-state index contributed by atoms with van der Waals surface area (Å²) in [6.07, 6.45) is 9.57. The Labute approximate surface area is 322 Å². The number of hydrogen-bond donors (Lipinski definition) is 2. The van der Waals surface area contributed by atoms with Crippen LogP contribution in [0.15, 0.2) is 88.8 Å². The lowest BCUT2D eigenvalue weighted by Crippen LogP contribution is -2.15. The molecule has 2 aromatic carbocycles. The summed E-state index contributed by atoms with van der Waals surface area (Å²) in [5, 5.41) is 19.9. The average Bonchev–Trinajstić information content (AvgIpc) is 3.96. The number of thioether (sulfide) groups is 2. The van der Waals surface area contributed by atoms with Crippen molar-refractivity contribution < 1.29 is 4.74 Å². The average molecular weight is 765 g/mol. The van der Waals surface area contributed by atoms with Crippen molar-refractivity contribution in [3.05, 3.63) is 101 Å². The topological polar surface area (TPSA) is 119 Å². The van der Waals surface area contributed by atoms with Gasteiger partial charge in [-0.05, 0) is 72.8 Å². The molecule has 0 aliphatic rings. The van der Waals surface area contributed by atoms with E-state index in [0.717, 1.165) is 46.6 Å². The van der Waals surface area contributed by atoms with Crippen LogP contribution in [0.5, 0.6) is 5.75 Å². The molecule has 7 rings (SSSR count). The molecule has 53 heavy (non-hydrogen) atoms. The van der Waals surface area contributed by atoms with Gasteiger partial charge in [0.05, 0.1) is 18.5 Å². The Hall–Kier alpha value is -4.66. The monoisotopic (exact) mass is 764 g/mol. The highest BCUT2D eigenvalue weighted by Crippen LogP contribution is 2.31. The van der Waals surface area contributed by atoms with Crippen molar-refractivity contribution in [2.45, 2.75) is 81.9 Å². The highest BCUT2D eigenvalue weighted by molar-refractivity contribution is 7.98. The maximum absolute atomic E-state index is 6.56. The highest BCUT2D eigenvalue weighted by Gasteiger charge is 2.20. The Kier molecular flexibility index (Phi) is 11.5. The number of aromatic nitrogens is 8. The van der Waals surface area contributed by atoms with E-state index >= 15 is 0 Å². The van der Waals surface area contributed by atoms with Crippen molar-refractivity contribution >= 4 is 58.1 Å². The minimum atomic E-state index is -0.00830. The van der Waals surface area contributed by atoms with Gasteiger partial charge in [-0.25, -0.2) is 9.97 Å². The van der Waals surface area contributed by atoms with E-state index in [9.17, 15) is 0 Å². The van der Waals surface area contributed by atoms with Crippen LogP contribution in [0.2, 0.25) is 0 Å². The fourth-order valence-corrected chi connectivity index (χ4v) is 7.79. The zero-order chi connectivity index (χ0) is 36.9. The zero-order valence-electron chi connectivity index (χ0n) is 30.8. The van der Waals surface area contributed by atoms with E-state index in [-0.39, 0.29) is 12.0 Å². The Morgan fingerprint density at radius 1 is 0.698 bits per heavy atom. The van der Waals surface area contributed by atoms with E-state index in [1.807, 2.05) is 47.6 Å². The molecule has 0 radical (unpaired) electrons. The molecule has 0 aliphatic heterocycles. The van der Waals surface area contributed by atoms with Crippen LogP contribution in [0.3, 0.4) is 0 Å². The first-order valence-electron chi connectivity index (χ1n) is 17.8. The molecule has 14 heteroatoms. The van der Waals surface area contributed by atoms with Crippen LogP contribution in [0.4, 0.5) is 11.9 Å². The number of benzene rings is 2. The van der Waals surface area contributed by atoms with Crippen LogP contribution < -0.4 is 15.4 Å². The summed E-state index contributed by atoms with van der Waals surface area (Å²) in [6, 6.07) is 20.9. The Balaban J connectivity index is 1.01. The minimum absolute atomic E-state index is 0.00830. The van der Waals surface area contributed by atoms with E-state index in [0.29, 0.717) is 41.2 Å². The van der Waals surface area contributed by atoms with Crippen LogP contribution >= 0.6 is 34.9 Å². The van der Waals surface area contributed by atoms with Crippen molar-refractivity contribution in [2.24, 2.45) is 0 Å². The number of anilines is 2. The molecule has 0 spiro atoms. The molecule has 274 valence electrons. The number of hydrogen-bond acceptors (Lipinski definition) is 12. The Bertz CT molecular complexity index is 2300. The number of rotatable bonds is 16. The molecular formula is C39H44N10OS3. The van der Waals surface area contributed by atoms with Crippen LogP contribution in [0, 0.1) is 0 Å². The SMILES string of the molecule is CSc1nc(NCc2ccccc2OC(C)CCC(C)c2cnn3c(NCc4ccccc4-c4cccs4)nc(SC)nc23)n2ncc(C(C)C)c2n1. The number of para-hydroxylation sites is 1. The first-order valence-corrected chi connectivity index (χ1v) is 21.1. The van der Waals surface area contributed by atoms with Gasteiger partial charge in [0.1, 0.15) is 5.75 Å². The highest BCUT2D eigenvalue weighted by atomic mass is 32.2. The van der Waals surface area contributed by atoms with Gasteiger partial charge in [-0.15, -0.1) is 11.3 Å². The number of fused-ring (bicyclic) bond motifs is 2. The normalized spacial score (nSPS) is 12.8. The van der Waals surface area contributed by atoms with Gasteiger partial charge >= 0.3 is 0 Å². The molecule has 0 amide bonds. The van der Waals surface area contributed by atoms with Crippen molar-refractivity contribution in [3.63, 3.8) is 0 Å². The third-order valence-electron chi connectivity index (χ3n) is 9.25. The Morgan fingerprint density at radius 2 is 1.30 bits per heavy atom. The molecule has 0 fully saturated rings. The van der Waals surface area contributed by atoms with E-state index in [1.165, 1.54) is 39.5 Å². The first kappa shape index (κ1) is 36.7.